The number of aromatic nitrogens is 3. The Bertz CT molecular complexity index is 1220. The maximum absolute atomic E-state index is 13.0. The standard InChI is InChI=1S/C20H16ClN3O2/c1-13-19-17(11-18(25)23(13)12-14-6-3-2-4-7-14)22-24(20(19)26)16-9-5-8-15(21)10-16/h2-11,22H,12H2,1H3. The van der Waals surface area contributed by atoms with Crippen molar-refractivity contribution in [3.8, 4) is 5.69 Å². The van der Waals surface area contributed by atoms with Crippen LogP contribution in [0.2, 0.25) is 5.02 Å². The number of aryl methyl sites for hydroxylation is 1. The first-order valence-corrected chi connectivity index (χ1v) is 8.57. The highest BCUT2D eigenvalue weighted by Gasteiger charge is 2.15. The van der Waals surface area contributed by atoms with Crippen molar-refractivity contribution < 1.29 is 0 Å². The van der Waals surface area contributed by atoms with Crippen molar-refractivity contribution in [1.82, 2.24) is 14.3 Å². The van der Waals surface area contributed by atoms with Gasteiger partial charge in [0, 0.05) is 16.8 Å². The van der Waals surface area contributed by atoms with Gasteiger partial charge in [0.25, 0.3) is 11.1 Å². The largest absolute Gasteiger partial charge is 0.308 e. The summed E-state index contributed by atoms with van der Waals surface area (Å²) in [6.07, 6.45) is 0. The maximum Gasteiger partial charge on any atom is 0.280 e. The lowest BCUT2D eigenvalue weighted by Crippen LogP contribution is -2.23. The third-order valence-corrected chi connectivity index (χ3v) is 4.70. The molecule has 0 spiro atoms. The van der Waals surface area contributed by atoms with Gasteiger partial charge >= 0.3 is 0 Å². The Morgan fingerprint density at radius 1 is 1.00 bits per heavy atom. The van der Waals surface area contributed by atoms with E-state index in [1.807, 2.05) is 30.3 Å². The second kappa shape index (κ2) is 6.35. The van der Waals surface area contributed by atoms with Crippen molar-refractivity contribution in [1.29, 1.82) is 0 Å². The van der Waals surface area contributed by atoms with Crippen LogP contribution in [-0.4, -0.2) is 14.3 Å². The molecule has 4 aromatic rings. The predicted octanol–water partition coefficient (Wildman–Crippen LogP) is 3.49. The number of halogens is 1. The van der Waals surface area contributed by atoms with Crippen molar-refractivity contribution in [3.63, 3.8) is 0 Å². The van der Waals surface area contributed by atoms with E-state index in [1.165, 1.54) is 10.7 Å². The van der Waals surface area contributed by atoms with Gasteiger partial charge in [0.2, 0.25) is 0 Å². The lowest BCUT2D eigenvalue weighted by atomic mass is 10.2. The number of rotatable bonds is 3. The van der Waals surface area contributed by atoms with Gasteiger partial charge in [-0.3, -0.25) is 14.7 Å². The van der Waals surface area contributed by atoms with Crippen LogP contribution in [0.3, 0.4) is 0 Å². The predicted molar refractivity (Wildman–Crippen MR) is 103 cm³/mol. The van der Waals surface area contributed by atoms with E-state index >= 15 is 0 Å². The van der Waals surface area contributed by atoms with Crippen molar-refractivity contribution in [3.05, 3.63) is 97.7 Å². The summed E-state index contributed by atoms with van der Waals surface area (Å²) in [6, 6.07) is 18.2. The Hall–Kier alpha value is -3.05. The summed E-state index contributed by atoms with van der Waals surface area (Å²) in [5.41, 5.74) is 2.42. The van der Waals surface area contributed by atoms with Crippen molar-refractivity contribution in [2.45, 2.75) is 13.5 Å². The molecule has 130 valence electrons. The molecule has 6 heteroatoms. The Morgan fingerprint density at radius 3 is 2.50 bits per heavy atom. The second-order valence-electron chi connectivity index (χ2n) is 6.16. The molecule has 4 rings (SSSR count). The second-order valence-corrected chi connectivity index (χ2v) is 6.60. The third-order valence-electron chi connectivity index (χ3n) is 4.47. The van der Waals surface area contributed by atoms with Crippen LogP contribution in [0.4, 0.5) is 0 Å². The molecular formula is C20H16ClN3O2. The van der Waals surface area contributed by atoms with E-state index in [-0.39, 0.29) is 11.1 Å². The van der Waals surface area contributed by atoms with Crippen LogP contribution >= 0.6 is 11.6 Å². The molecule has 26 heavy (non-hydrogen) atoms. The molecule has 0 bridgehead atoms. The molecule has 0 fully saturated rings. The number of nitrogens with zero attached hydrogens (tertiary/aromatic N) is 2. The fourth-order valence-electron chi connectivity index (χ4n) is 3.17. The Balaban J connectivity index is 1.91. The number of aromatic amines is 1. The molecule has 0 saturated carbocycles. The first-order chi connectivity index (χ1) is 12.5. The van der Waals surface area contributed by atoms with Gasteiger partial charge in [0.15, 0.2) is 0 Å². The van der Waals surface area contributed by atoms with Gasteiger partial charge in [-0.1, -0.05) is 48.0 Å². The minimum Gasteiger partial charge on any atom is -0.308 e. The molecule has 0 aliphatic rings. The zero-order valence-corrected chi connectivity index (χ0v) is 14.8. The maximum atomic E-state index is 13.0. The van der Waals surface area contributed by atoms with E-state index in [0.717, 1.165) is 5.56 Å². The summed E-state index contributed by atoms with van der Waals surface area (Å²) >= 11 is 6.03. The SMILES string of the molecule is Cc1c2c(=O)n(-c3cccc(Cl)c3)[nH]c2cc(=O)n1Cc1ccccc1. The zero-order chi connectivity index (χ0) is 18.3. The summed E-state index contributed by atoms with van der Waals surface area (Å²) in [6.45, 7) is 2.22. The number of hydrogen-bond acceptors (Lipinski definition) is 2. The Kier molecular flexibility index (Phi) is 4.01. The van der Waals surface area contributed by atoms with Crippen LogP contribution < -0.4 is 11.1 Å². The highest BCUT2D eigenvalue weighted by Crippen LogP contribution is 2.17. The molecule has 5 nitrogen and oxygen atoms in total. The number of nitrogens with one attached hydrogen (secondary N) is 1. The Morgan fingerprint density at radius 2 is 1.77 bits per heavy atom. The molecule has 0 aliphatic carbocycles. The molecule has 0 unspecified atom stereocenters. The summed E-state index contributed by atoms with van der Waals surface area (Å²) in [5.74, 6) is 0. The van der Waals surface area contributed by atoms with Gasteiger partial charge in [-0.25, -0.2) is 4.68 Å². The number of H-pyrrole nitrogens is 1. The fourth-order valence-corrected chi connectivity index (χ4v) is 3.35. The minimum atomic E-state index is -0.207. The van der Waals surface area contributed by atoms with E-state index in [0.29, 0.717) is 33.9 Å². The van der Waals surface area contributed by atoms with E-state index in [2.05, 4.69) is 5.10 Å². The molecule has 2 aromatic heterocycles. The lowest BCUT2D eigenvalue weighted by Gasteiger charge is -2.10. The molecule has 0 atom stereocenters. The quantitative estimate of drug-likeness (QED) is 0.604. The summed E-state index contributed by atoms with van der Waals surface area (Å²) in [5, 5.41) is 4.05. The van der Waals surface area contributed by atoms with E-state index in [1.54, 1.807) is 35.8 Å². The zero-order valence-electron chi connectivity index (χ0n) is 14.1. The number of pyridine rings is 1. The smallest absolute Gasteiger partial charge is 0.280 e. The van der Waals surface area contributed by atoms with Gasteiger partial charge in [-0.05, 0) is 30.7 Å². The van der Waals surface area contributed by atoms with Crippen LogP contribution in [0.25, 0.3) is 16.6 Å². The molecule has 2 heterocycles. The average molecular weight is 366 g/mol. The van der Waals surface area contributed by atoms with Gasteiger partial charge in [0.05, 0.1) is 23.1 Å². The minimum absolute atomic E-state index is 0.154. The van der Waals surface area contributed by atoms with Crippen molar-refractivity contribution >= 4 is 22.5 Å². The molecule has 0 radical (unpaired) electrons. The molecule has 1 N–H and O–H groups in total. The van der Waals surface area contributed by atoms with E-state index in [9.17, 15) is 9.59 Å². The molecule has 0 aliphatic heterocycles. The lowest BCUT2D eigenvalue weighted by molar-refractivity contribution is 0.738. The summed E-state index contributed by atoms with van der Waals surface area (Å²) in [7, 11) is 0. The summed E-state index contributed by atoms with van der Waals surface area (Å²) < 4.78 is 3.03. The highest BCUT2D eigenvalue weighted by molar-refractivity contribution is 6.30. The number of benzene rings is 2. The third kappa shape index (κ3) is 2.76. The van der Waals surface area contributed by atoms with Crippen LogP contribution in [0, 0.1) is 6.92 Å². The first kappa shape index (κ1) is 16.4. The van der Waals surface area contributed by atoms with Gasteiger partial charge < -0.3 is 4.57 Å². The van der Waals surface area contributed by atoms with Gasteiger partial charge in [-0.15, -0.1) is 0 Å². The van der Waals surface area contributed by atoms with Crippen LogP contribution in [0.15, 0.2) is 70.3 Å². The molecular weight excluding hydrogens is 350 g/mol. The molecule has 0 saturated heterocycles. The van der Waals surface area contributed by atoms with Gasteiger partial charge in [-0.2, -0.15) is 0 Å². The topological polar surface area (TPSA) is 59.8 Å². The number of fused-ring (bicyclic) bond motifs is 1. The van der Waals surface area contributed by atoms with E-state index < -0.39 is 0 Å². The monoisotopic (exact) mass is 365 g/mol. The van der Waals surface area contributed by atoms with Crippen LogP contribution in [-0.2, 0) is 6.54 Å². The normalized spacial score (nSPS) is 11.2. The van der Waals surface area contributed by atoms with Crippen LogP contribution in [0.5, 0.6) is 0 Å². The van der Waals surface area contributed by atoms with Crippen molar-refractivity contribution in [2.75, 3.05) is 0 Å². The summed E-state index contributed by atoms with van der Waals surface area (Å²) in [4.78, 5) is 25.5. The molecule has 2 aromatic carbocycles. The highest BCUT2D eigenvalue weighted by atomic mass is 35.5. The van der Waals surface area contributed by atoms with Gasteiger partial charge in [0.1, 0.15) is 0 Å². The van der Waals surface area contributed by atoms with Crippen molar-refractivity contribution in [2.24, 2.45) is 0 Å². The van der Waals surface area contributed by atoms with Crippen LogP contribution in [0.1, 0.15) is 11.3 Å². The van der Waals surface area contributed by atoms with E-state index in [4.69, 9.17) is 11.6 Å². The average Bonchev–Trinajstić information content (AvgIpc) is 2.96. The number of hydrogen-bond donors (Lipinski definition) is 1. The first-order valence-electron chi connectivity index (χ1n) is 8.19. The Labute approximate surface area is 154 Å². The fraction of sp³-hybridized carbons (Fsp3) is 0.100. The molecule has 0 amide bonds.